The number of pyridine rings is 1. The number of carbonyl (C=O) groups excluding carboxylic acids is 1. The van der Waals surface area contributed by atoms with Crippen molar-refractivity contribution in [3.63, 3.8) is 0 Å². The van der Waals surface area contributed by atoms with Crippen molar-refractivity contribution in [1.29, 1.82) is 0 Å². The van der Waals surface area contributed by atoms with Crippen LogP contribution in [0.2, 0.25) is 10.0 Å². The van der Waals surface area contributed by atoms with Crippen LogP contribution in [0.5, 0.6) is 5.75 Å². The Morgan fingerprint density at radius 2 is 2.04 bits per heavy atom. The number of hydrogen-bond donors (Lipinski definition) is 0. The van der Waals surface area contributed by atoms with E-state index in [0.29, 0.717) is 22.3 Å². The van der Waals surface area contributed by atoms with E-state index < -0.39 is 0 Å². The average Bonchev–Trinajstić information content (AvgIpc) is 3.05. The van der Waals surface area contributed by atoms with Gasteiger partial charge in [-0.05, 0) is 31.0 Å². The summed E-state index contributed by atoms with van der Waals surface area (Å²) < 4.78 is 7.05. The Balaban J connectivity index is 1.72. The Morgan fingerprint density at radius 3 is 2.73 bits per heavy atom. The molecule has 0 fully saturated rings. The van der Waals surface area contributed by atoms with Crippen LogP contribution < -0.4 is 4.74 Å². The second kappa shape index (κ2) is 6.45. The topological polar surface area (TPSA) is 59.7 Å². The molecule has 4 rings (SSSR count). The number of ether oxygens (including phenoxy) is 1. The fourth-order valence-electron chi connectivity index (χ4n) is 3.45. The zero-order valence-electron chi connectivity index (χ0n) is 14.2. The van der Waals surface area contributed by atoms with Crippen LogP contribution in [0.25, 0.3) is 5.52 Å². The predicted octanol–water partition coefficient (Wildman–Crippen LogP) is 3.80. The third-order valence-electron chi connectivity index (χ3n) is 4.76. The number of fused-ring (bicyclic) bond motifs is 3. The summed E-state index contributed by atoms with van der Waals surface area (Å²) in [5.41, 5.74) is 3.05. The molecule has 8 heteroatoms. The van der Waals surface area contributed by atoms with Crippen LogP contribution in [0.15, 0.2) is 30.7 Å². The quantitative estimate of drug-likeness (QED) is 0.667. The van der Waals surface area contributed by atoms with E-state index in [2.05, 4.69) is 9.97 Å². The second-order valence-corrected chi connectivity index (χ2v) is 6.94. The summed E-state index contributed by atoms with van der Waals surface area (Å²) in [4.78, 5) is 22.9. The number of methoxy groups -OCH3 is 1. The maximum Gasteiger partial charge on any atom is 0.292 e. The summed E-state index contributed by atoms with van der Waals surface area (Å²) in [5.74, 6) is 0.462. The van der Waals surface area contributed by atoms with Crippen LogP contribution in [-0.4, -0.2) is 38.8 Å². The minimum atomic E-state index is -0.208. The molecule has 3 aromatic heterocycles. The highest BCUT2D eigenvalue weighted by molar-refractivity contribution is 6.44. The van der Waals surface area contributed by atoms with Crippen molar-refractivity contribution in [2.75, 3.05) is 13.7 Å². The normalized spacial score (nSPS) is 16.6. The van der Waals surface area contributed by atoms with Gasteiger partial charge in [0.1, 0.15) is 0 Å². The molecule has 0 unspecified atom stereocenters. The zero-order valence-corrected chi connectivity index (χ0v) is 15.8. The van der Waals surface area contributed by atoms with Crippen molar-refractivity contribution >= 4 is 34.6 Å². The number of amides is 1. The molecule has 0 bridgehead atoms. The molecule has 0 aromatic carbocycles. The Hall–Kier alpha value is -2.31. The van der Waals surface area contributed by atoms with Gasteiger partial charge in [-0.1, -0.05) is 23.2 Å². The molecule has 1 amide bonds. The fourth-order valence-corrected chi connectivity index (χ4v) is 3.81. The summed E-state index contributed by atoms with van der Waals surface area (Å²) in [6.45, 7) is 2.58. The van der Waals surface area contributed by atoms with Gasteiger partial charge in [0.05, 0.1) is 41.1 Å². The van der Waals surface area contributed by atoms with Gasteiger partial charge >= 0.3 is 0 Å². The first-order valence-electron chi connectivity index (χ1n) is 8.16. The zero-order chi connectivity index (χ0) is 18.4. The molecular weight excluding hydrogens is 375 g/mol. The van der Waals surface area contributed by atoms with Gasteiger partial charge in [0.25, 0.3) is 5.91 Å². The third kappa shape index (κ3) is 2.61. The predicted molar refractivity (Wildman–Crippen MR) is 99.2 cm³/mol. The Bertz CT molecular complexity index is 1000. The van der Waals surface area contributed by atoms with Crippen molar-refractivity contribution in [2.45, 2.75) is 19.4 Å². The lowest BCUT2D eigenvalue weighted by Gasteiger charge is -2.33. The minimum absolute atomic E-state index is 0.142. The summed E-state index contributed by atoms with van der Waals surface area (Å²) in [7, 11) is 1.53. The minimum Gasteiger partial charge on any atom is -0.494 e. The van der Waals surface area contributed by atoms with E-state index in [4.69, 9.17) is 27.9 Å². The van der Waals surface area contributed by atoms with E-state index >= 15 is 0 Å². The molecule has 0 N–H and O–H groups in total. The molecule has 4 heterocycles. The molecule has 1 aliphatic rings. The highest BCUT2D eigenvalue weighted by Gasteiger charge is 2.32. The molecule has 6 nitrogen and oxygen atoms in total. The Morgan fingerprint density at radius 1 is 1.31 bits per heavy atom. The number of rotatable bonds is 2. The van der Waals surface area contributed by atoms with E-state index in [1.165, 1.54) is 25.1 Å². The van der Waals surface area contributed by atoms with Gasteiger partial charge in [-0.25, -0.2) is 9.97 Å². The lowest BCUT2D eigenvalue weighted by Crippen LogP contribution is -2.39. The van der Waals surface area contributed by atoms with Gasteiger partial charge in [-0.15, -0.1) is 0 Å². The van der Waals surface area contributed by atoms with E-state index in [-0.39, 0.29) is 17.8 Å². The van der Waals surface area contributed by atoms with Crippen molar-refractivity contribution < 1.29 is 9.53 Å². The van der Waals surface area contributed by atoms with Crippen molar-refractivity contribution in [1.82, 2.24) is 19.3 Å². The van der Waals surface area contributed by atoms with Gasteiger partial charge in [-0.2, -0.15) is 0 Å². The first kappa shape index (κ1) is 17.1. The molecule has 0 saturated heterocycles. The molecule has 0 radical (unpaired) electrons. The third-order valence-corrected chi connectivity index (χ3v) is 5.57. The van der Waals surface area contributed by atoms with Crippen LogP contribution in [-0.2, 0) is 6.42 Å². The van der Waals surface area contributed by atoms with Crippen LogP contribution >= 0.6 is 23.2 Å². The van der Waals surface area contributed by atoms with Gasteiger partial charge in [0, 0.05) is 18.4 Å². The molecule has 1 atom stereocenters. The van der Waals surface area contributed by atoms with Gasteiger partial charge in [0.15, 0.2) is 5.75 Å². The lowest BCUT2D eigenvalue weighted by atomic mass is 10.0. The molecule has 134 valence electrons. The first-order valence-corrected chi connectivity index (χ1v) is 8.91. The van der Waals surface area contributed by atoms with Crippen LogP contribution in [0, 0.1) is 0 Å². The summed E-state index contributed by atoms with van der Waals surface area (Å²) in [6.07, 6.45) is 5.61. The molecule has 0 saturated carbocycles. The first-order chi connectivity index (χ1) is 12.5. The second-order valence-electron chi connectivity index (χ2n) is 6.16. The monoisotopic (exact) mass is 390 g/mol. The largest absolute Gasteiger partial charge is 0.494 e. The van der Waals surface area contributed by atoms with Crippen molar-refractivity contribution in [3.05, 3.63) is 57.9 Å². The van der Waals surface area contributed by atoms with Crippen molar-refractivity contribution in [3.8, 4) is 5.75 Å². The molecule has 0 spiro atoms. The SMILES string of the molecule is COc1cnc(C(=O)N2CCc3cc4c(Cl)c(Cl)ccn4c3[C@H]2C)nc1. The van der Waals surface area contributed by atoms with Crippen LogP contribution in [0.1, 0.15) is 34.8 Å². The fraction of sp³-hybridized carbons (Fsp3) is 0.278. The van der Waals surface area contributed by atoms with E-state index in [0.717, 1.165) is 17.6 Å². The van der Waals surface area contributed by atoms with Gasteiger partial charge in [0.2, 0.25) is 5.82 Å². The lowest BCUT2D eigenvalue weighted by molar-refractivity contribution is 0.0660. The van der Waals surface area contributed by atoms with E-state index in [9.17, 15) is 4.79 Å². The molecule has 1 aliphatic heterocycles. The van der Waals surface area contributed by atoms with E-state index in [1.807, 2.05) is 23.6 Å². The maximum atomic E-state index is 12.9. The maximum absolute atomic E-state index is 12.9. The van der Waals surface area contributed by atoms with Crippen molar-refractivity contribution in [2.24, 2.45) is 0 Å². The standard InChI is InChI=1S/C18H16Cl2N4O2/c1-10-16-11(7-14-15(20)13(19)4-6-24(14)16)3-5-23(10)18(25)17-21-8-12(26-2)9-22-17/h4,6-10H,3,5H2,1-2H3/t10-/m1/s1. The highest BCUT2D eigenvalue weighted by atomic mass is 35.5. The molecular formula is C18H16Cl2N4O2. The number of nitrogens with zero attached hydrogens (tertiary/aromatic N) is 4. The van der Waals surface area contributed by atoms with Gasteiger partial charge in [-0.3, -0.25) is 4.79 Å². The molecule has 0 aliphatic carbocycles. The van der Waals surface area contributed by atoms with Crippen LogP contribution in [0.4, 0.5) is 0 Å². The van der Waals surface area contributed by atoms with Crippen LogP contribution in [0.3, 0.4) is 0 Å². The molecule has 26 heavy (non-hydrogen) atoms. The Labute approximate surface area is 160 Å². The summed E-state index contributed by atoms with van der Waals surface area (Å²) in [6, 6.07) is 3.67. The van der Waals surface area contributed by atoms with E-state index in [1.54, 1.807) is 11.0 Å². The number of aromatic nitrogens is 3. The summed E-state index contributed by atoms with van der Waals surface area (Å²) in [5, 5.41) is 1.04. The highest BCUT2D eigenvalue weighted by Crippen LogP contribution is 2.36. The number of halogens is 2. The average molecular weight is 391 g/mol. The van der Waals surface area contributed by atoms with Gasteiger partial charge < -0.3 is 14.0 Å². The number of hydrogen-bond acceptors (Lipinski definition) is 4. The summed E-state index contributed by atoms with van der Waals surface area (Å²) >= 11 is 12.5. The smallest absolute Gasteiger partial charge is 0.292 e. The Kier molecular flexibility index (Phi) is 4.25. The molecule has 3 aromatic rings. The number of carbonyl (C=O) groups is 1.